The van der Waals surface area contributed by atoms with Crippen LogP contribution in [0.5, 0.6) is 0 Å². The highest BCUT2D eigenvalue weighted by Crippen LogP contribution is 2.16. The minimum Gasteiger partial charge on any atom is -0.378 e. The van der Waals surface area contributed by atoms with Crippen LogP contribution in [0, 0.1) is 13.8 Å². The Labute approximate surface area is 108 Å². The Bertz CT molecular complexity index is 420. The summed E-state index contributed by atoms with van der Waals surface area (Å²) in [7, 11) is 0. The van der Waals surface area contributed by atoms with Crippen LogP contribution < -0.4 is 5.69 Å². The molecule has 1 rings (SSSR count). The minimum absolute atomic E-state index is 0.243. The van der Waals surface area contributed by atoms with Crippen molar-refractivity contribution in [1.82, 2.24) is 9.55 Å². The first-order valence-electron chi connectivity index (χ1n) is 4.95. The van der Waals surface area contributed by atoms with Crippen molar-refractivity contribution in [2.75, 3.05) is 19.1 Å². The number of nitrogens with zero attached hydrogens (tertiary/aromatic N) is 2. The van der Waals surface area contributed by atoms with Crippen LogP contribution in [0.4, 0.5) is 0 Å². The third-order valence-electron chi connectivity index (χ3n) is 2.22. The smallest absolute Gasteiger partial charge is 0.348 e. The van der Waals surface area contributed by atoms with Crippen molar-refractivity contribution in [1.29, 1.82) is 0 Å². The molecule has 1 aromatic heterocycles. The maximum atomic E-state index is 11.6. The van der Waals surface area contributed by atoms with Gasteiger partial charge in [0.15, 0.2) is 0 Å². The second kappa shape index (κ2) is 6.37. The third-order valence-corrected chi connectivity index (χ3v) is 3.52. The molecule has 0 aromatic carbocycles. The fraction of sp³-hybridized carbons (Fsp3) is 0.600. The lowest BCUT2D eigenvalue weighted by atomic mass is 10.3. The summed E-state index contributed by atoms with van der Waals surface area (Å²) in [6.07, 6.45) is 0. The van der Waals surface area contributed by atoms with Gasteiger partial charge in [0.25, 0.3) is 0 Å². The molecule has 0 bridgehead atoms. The number of ether oxygens (including phenoxy) is 1. The monoisotopic (exact) mass is 308 g/mol. The fourth-order valence-electron chi connectivity index (χ4n) is 1.35. The molecular weight excluding hydrogens is 295 g/mol. The van der Waals surface area contributed by atoms with E-state index >= 15 is 0 Å². The molecule has 0 aliphatic rings. The van der Waals surface area contributed by atoms with Crippen molar-refractivity contribution >= 4 is 27.5 Å². The van der Waals surface area contributed by atoms with Gasteiger partial charge < -0.3 is 4.74 Å². The molecule has 0 saturated carbocycles. The van der Waals surface area contributed by atoms with Gasteiger partial charge in [-0.3, -0.25) is 4.57 Å². The lowest BCUT2D eigenvalue weighted by molar-refractivity contribution is 0.139. The molecule has 6 heteroatoms. The van der Waals surface area contributed by atoms with Crippen LogP contribution in [0.1, 0.15) is 11.4 Å². The Morgan fingerprint density at radius 2 is 2.12 bits per heavy atom. The second-order valence-corrected chi connectivity index (χ2v) is 4.50. The lowest BCUT2D eigenvalue weighted by Crippen LogP contribution is -2.28. The van der Waals surface area contributed by atoms with Crippen LogP contribution >= 0.6 is 27.5 Å². The Balaban J connectivity index is 2.80. The van der Waals surface area contributed by atoms with E-state index in [1.54, 1.807) is 11.5 Å². The molecule has 1 aromatic rings. The van der Waals surface area contributed by atoms with Crippen LogP contribution in [-0.4, -0.2) is 28.6 Å². The first-order chi connectivity index (χ1) is 7.57. The van der Waals surface area contributed by atoms with Gasteiger partial charge in [-0.25, -0.2) is 4.79 Å². The molecule has 90 valence electrons. The normalized spacial score (nSPS) is 10.8. The molecule has 1 heterocycles. The van der Waals surface area contributed by atoms with E-state index in [1.807, 2.05) is 6.92 Å². The molecule has 0 aliphatic carbocycles. The predicted molar refractivity (Wildman–Crippen MR) is 67.2 cm³/mol. The molecular formula is C10H14BrClN2O2. The highest BCUT2D eigenvalue weighted by atomic mass is 79.9. The van der Waals surface area contributed by atoms with Crippen LogP contribution in [-0.2, 0) is 11.3 Å². The zero-order valence-corrected chi connectivity index (χ0v) is 11.6. The van der Waals surface area contributed by atoms with Crippen LogP contribution in [0.25, 0.3) is 0 Å². The van der Waals surface area contributed by atoms with E-state index < -0.39 is 0 Å². The van der Waals surface area contributed by atoms with E-state index in [-0.39, 0.29) is 5.69 Å². The van der Waals surface area contributed by atoms with E-state index in [0.717, 1.165) is 10.2 Å². The average Bonchev–Trinajstić information content (AvgIpc) is 2.25. The Kier molecular flexibility index (Phi) is 5.44. The summed E-state index contributed by atoms with van der Waals surface area (Å²) >= 11 is 8.88. The van der Waals surface area contributed by atoms with Gasteiger partial charge in [-0.15, -0.1) is 11.6 Å². The summed E-state index contributed by atoms with van der Waals surface area (Å²) in [6.45, 7) is 5.13. The molecule has 0 fully saturated rings. The predicted octanol–water partition coefficient (Wildman–Crippen LogP) is 1.88. The largest absolute Gasteiger partial charge is 0.378 e. The quantitative estimate of drug-likeness (QED) is 0.616. The summed E-state index contributed by atoms with van der Waals surface area (Å²) in [5.41, 5.74) is 1.33. The van der Waals surface area contributed by atoms with E-state index in [0.29, 0.717) is 31.3 Å². The zero-order valence-electron chi connectivity index (χ0n) is 9.30. The highest BCUT2D eigenvalue weighted by molar-refractivity contribution is 9.10. The van der Waals surface area contributed by atoms with E-state index in [4.69, 9.17) is 16.3 Å². The molecule has 0 N–H and O–H groups in total. The minimum atomic E-state index is -0.243. The number of aromatic nitrogens is 2. The fourth-order valence-corrected chi connectivity index (χ4v) is 1.76. The molecule has 0 spiro atoms. The Hall–Kier alpha value is -0.390. The first-order valence-corrected chi connectivity index (χ1v) is 6.28. The number of rotatable bonds is 5. The van der Waals surface area contributed by atoms with Crippen molar-refractivity contribution in [2.24, 2.45) is 0 Å². The zero-order chi connectivity index (χ0) is 12.1. The molecule has 0 amide bonds. The number of alkyl halides is 1. The van der Waals surface area contributed by atoms with Gasteiger partial charge in [0.1, 0.15) is 0 Å². The molecule has 0 radical (unpaired) electrons. The van der Waals surface area contributed by atoms with Crippen LogP contribution in [0.3, 0.4) is 0 Å². The van der Waals surface area contributed by atoms with E-state index in [2.05, 4.69) is 20.9 Å². The van der Waals surface area contributed by atoms with Gasteiger partial charge in [0, 0.05) is 11.6 Å². The summed E-state index contributed by atoms with van der Waals surface area (Å²) in [5.74, 6) is 0.462. The topological polar surface area (TPSA) is 44.1 Å². The molecule has 0 atom stereocenters. The molecule has 0 aliphatic heterocycles. The van der Waals surface area contributed by atoms with Crippen molar-refractivity contribution in [2.45, 2.75) is 20.4 Å². The standard InChI is InChI=1S/C10H14BrClN2O2/c1-7-9(11)8(2)14(10(15)13-7)4-6-16-5-3-12/h3-6H2,1-2H3. The number of hydrogen-bond acceptors (Lipinski definition) is 3. The lowest BCUT2D eigenvalue weighted by Gasteiger charge is -2.11. The van der Waals surface area contributed by atoms with Gasteiger partial charge >= 0.3 is 5.69 Å². The highest BCUT2D eigenvalue weighted by Gasteiger charge is 2.08. The van der Waals surface area contributed by atoms with Gasteiger partial charge in [-0.1, -0.05) is 0 Å². The van der Waals surface area contributed by atoms with E-state index in [1.165, 1.54) is 0 Å². The molecule has 0 unspecified atom stereocenters. The number of hydrogen-bond donors (Lipinski definition) is 0. The van der Waals surface area contributed by atoms with Crippen molar-refractivity contribution in [3.63, 3.8) is 0 Å². The SMILES string of the molecule is Cc1nc(=O)n(CCOCCCl)c(C)c1Br. The summed E-state index contributed by atoms with van der Waals surface area (Å²) in [6, 6.07) is 0. The van der Waals surface area contributed by atoms with Crippen molar-refractivity contribution in [3.8, 4) is 0 Å². The maximum Gasteiger partial charge on any atom is 0.348 e. The molecule has 0 saturated heterocycles. The Morgan fingerprint density at radius 3 is 2.75 bits per heavy atom. The van der Waals surface area contributed by atoms with E-state index in [9.17, 15) is 4.79 Å². The van der Waals surface area contributed by atoms with Crippen molar-refractivity contribution in [3.05, 3.63) is 26.3 Å². The summed E-state index contributed by atoms with van der Waals surface area (Å²) in [5, 5.41) is 0. The van der Waals surface area contributed by atoms with Gasteiger partial charge in [-0.05, 0) is 29.8 Å². The third kappa shape index (κ3) is 3.30. The summed E-state index contributed by atoms with van der Waals surface area (Å²) in [4.78, 5) is 15.5. The van der Waals surface area contributed by atoms with Crippen LogP contribution in [0.2, 0.25) is 0 Å². The second-order valence-electron chi connectivity index (χ2n) is 3.33. The average molecular weight is 310 g/mol. The van der Waals surface area contributed by atoms with Crippen LogP contribution in [0.15, 0.2) is 9.27 Å². The van der Waals surface area contributed by atoms with Gasteiger partial charge in [0.05, 0.1) is 29.9 Å². The van der Waals surface area contributed by atoms with Gasteiger partial charge in [0.2, 0.25) is 0 Å². The Morgan fingerprint density at radius 1 is 1.44 bits per heavy atom. The number of halogens is 2. The molecule has 4 nitrogen and oxygen atoms in total. The molecule has 16 heavy (non-hydrogen) atoms. The van der Waals surface area contributed by atoms with Gasteiger partial charge in [-0.2, -0.15) is 4.98 Å². The maximum absolute atomic E-state index is 11.6. The summed E-state index contributed by atoms with van der Waals surface area (Å²) < 4.78 is 7.69. The first kappa shape index (κ1) is 13.7. The van der Waals surface area contributed by atoms with Crippen molar-refractivity contribution < 1.29 is 4.74 Å². The number of aryl methyl sites for hydroxylation is 1.